The summed E-state index contributed by atoms with van der Waals surface area (Å²) >= 11 is 0. The van der Waals surface area contributed by atoms with E-state index in [1.807, 2.05) is 39.0 Å². The highest BCUT2D eigenvalue weighted by Crippen LogP contribution is 2.06. The van der Waals surface area contributed by atoms with Gasteiger partial charge in [-0.1, -0.05) is 31.5 Å². The fraction of sp³-hybridized carbons (Fsp3) is 0.500. The number of ether oxygens (including phenoxy) is 1. The van der Waals surface area contributed by atoms with Crippen molar-refractivity contribution in [2.24, 2.45) is 10.9 Å². The average Bonchev–Trinajstić information content (AvgIpc) is 2.38. The number of rotatable bonds is 4. The van der Waals surface area contributed by atoms with Crippen molar-refractivity contribution in [1.82, 2.24) is 5.32 Å². The minimum Gasteiger partial charge on any atom is -0.465 e. The van der Waals surface area contributed by atoms with E-state index < -0.39 is 0 Å². The number of hydrogen-bond donors (Lipinski definition) is 1. The van der Waals surface area contributed by atoms with Crippen molar-refractivity contribution in [2.45, 2.75) is 40.7 Å². The Kier molecular flexibility index (Phi) is 6.22. The minimum absolute atomic E-state index is 0.0920. The molecule has 1 rings (SSSR count). The van der Waals surface area contributed by atoms with Gasteiger partial charge in [0.25, 0.3) is 11.9 Å². The average molecular weight is 276 g/mol. The molecule has 0 radical (unpaired) electrons. The molecule has 0 saturated carbocycles. The van der Waals surface area contributed by atoms with Gasteiger partial charge in [0.05, 0.1) is 12.6 Å². The number of aliphatic imine (C=N–C) groups is 1. The summed E-state index contributed by atoms with van der Waals surface area (Å²) in [5.74, 6) is 0.193. The molecular weight excluding hydrogens is 252 g/mol. The molecule has 0 aromatic heterocycles. The maximum Gasteiger partial charge on any atom is 0.291 e. The van der Waals surface area contributed by atoms with Gasteiger partial charge < -0.3 is 4.74 Å². The van der Waals surface area contributed by atoms with E-state index in [0.717, 1.165) is 5.56 Å². The standard InChI is InChI=1S/C16H24N2O2/c1-6-20-16(17-13(5)11(2)3)18-15(19)14-9-7-8-12(4)10-14/h7-11,13H,6H2,1-5H3,(H,17,18,19)/t13-/m0/s1. The van der Waals surface area contributed by atoms with Crippen LogP contribution in [0.1, 0.15) is 43.6 Å². The summed E-state index contributed by atoms with van der Waals surface area (Å²) in [7, 11) is 0. The number of amidine groups is 1. The smallest absolute Gasteiger partial charge is 0.291 e. The highest BCUT2D eigenvalue weighted by Gasteiger charge is 2.12. The minimum atomic E-state index is -0.197. The predicted molar refractivity (Wildman–Crippen MR) is 82.0 cm³/mol. The summed E-state index contributed by atoms with van der Waals surface area (Å²) in [5, 5.41) is 2.74. The molecule has 0 fully saturated rings. The Balaban J connectivity index is 2.82. The number of nitrogens with zero attached hydrogens (tertiary/aromatic N) is 1. The molecule has 0 aliphatic heterocycles. The van der Waals surface area contributed by atoms with Gasteiger partial charge in [-0.2, -0.15) is 0 Å². The van der Waals surface area contributed by atoms with Crippen LogP contribution in [0.15, 0.2) is 29.3 Å². The van der Waals surface area contributed by atoms with Crippen LogP contribution >= 0.6 is 0 Å². The zero-order valence-electron chi connectivity index (χ0n) is 12.9. The van der Waals surface area contributed by atoms with E-state index in [4.69, 9.17) is 4.74 Å². The third-order valence-corrected chi connectivity index (χ3v) is 3.07. The lowest BCUT2D eigenvalue weighted by molar-refractivity contribution is 0.0966. The first-order chi connectivity index (χ1) is 9.43. The lowest BCUT2D eigenvalue weighted by atomic mass is 10.1. The van der Waals surface area contributed by atoms with Crippen molar-refractivity contribution in [2.75, 3.05) is 6.61 Å². The Bertz CT molecular complexity index is 481. The van der Waals surface area contributed by atoms with E-state index >= 15 is 0 Å². The molecule has 0 aliphatic rings. The van der Waals surface area contributed by atoms with Crippen molar-refractivity contribution in [3.63, 3.8) is 0 Å². The second kappa shape index (κ2) is 7.68. The molecule has 1 amide bonds. The molecule has 4 heteroatoms. The largest absolute Gasteiger partial charge is 0.465 e. The van der Waals surface area contributed by atoms with Gasteiger partial charge in [-0.05, 0) is 38.8 Å². The van der Waals surface area contributed by atoms with Gasteiger partial charge in [0.1, 0.15) is 0 Å². The summed E-state index contributed by atoms with van der Waals surface area (Å²) in [4.78, 5) is 16.6. The Morgan fingerprint density at radius 2 is 2.05 bits per heavy atom. The number of benzene rings is 1. The van der Waals surface area contributed by atoms with Crippen molar-refractivity contribution in [3.05, 3.63) is 35.4 Å². The number of carbonyl (C=O) groups excluding carboxylic acids is 1. The van der Waals surface area contributed by atoms with Gasteiger partial charge >= 0.3 is 0 Å². The lowest BCUT2D eigenvalue weighted by Gasteiger charge is -2.14. The van der Waals surface area contributed by atoms with E-state index in [9.17, 15) is 4.79 Å². The highest BCUT2D eigenvalue weighted by atomic mass is 16.5. The van der Waals surface area contributed by atoms with E-state index in [-0.39, 0.29) is 11.9 Å². The van der Waals surface area contributed by atoms with Crippen LogP contribution in [0.3, 0.4) is 0 Å². The molecule has 1 atom stereocenters. The van der Waals surface area contributed by atoms with Crippen molar-refractivity contribution >= 4 is 11.9 Å². The number of carbonyl (C=O) groups is 1. The van der Waals surface area contributed by atoms with Crippen LogP contribution in [-0.2, 0) is 4.74 Å². The quantitative estimate of drug-likeness (QED) is 0.678. The molecule has 20 heavy (non-hydrogen) atoms. The first kappa shape index (κ1) is 16.2. The second-order valence-electron chi connectivity index (χ2n) is 5.18. The van der Waals surface area contributed by atoms with Gasteiger partial charge in [0.15, 0.2) is 0 Å². The van der Waals surface area contributed by atoms with Crippen molar-refractivity contribution in [3.8, 4) is 0 Å². The number of amides is 1. The number of hydrogen-bond acceptors (Lipinski definition) is 3. The topological polar surface area (TPSA) is 50.7 Å². The van der Waals surface area contributed by atoms with E-state index in [0.29, 0.717) is 24.1 Å². The Hall–Kier alpha value is -1.84. The first-order valence-corrected chi connectivity index (χ1v) is 7.02. The fourth-order valence-electron chi connectivity index (χ4n) is 1.53. The summed E-state index contributed by atoms with van der Waals surface area (Å²) in [5.41, 5.74) is 1.65. The number of aryl methyl sites for hydroxylation is 1. The second-order valence-corrected chi connectivity index (χ2v) is 5.18. The van der Waals surface area contributed by atoms with E-state index in [1.165, 1.54) is 0 Å². The third-order valence-electron chi connectivity index (χ3n) is 3.07. The van der Waals surface area contributed by atoms with Gasteiger partial charge in [-0.25, -0.2) is 4.99 Å². The molecule has 1 aromatic carbocycles. The van der Waals surface area contributed by atoms with Crippen LogP contribution in [0, 0.1) is 12.8 Å². The predicted octanol–water partition coefficient (Wildman–Crippen LogP) is 3.16. The molecule has 0 unspecified atom stereocenters. The molecule has 0 spiro atoms. The van der Waals surface area contributed by atoms with Gasteiger partial charge in [-0.15, -0.1) is 0 Å². The summed E-state index contributed by atoms with van der Waals surface area (Å²) in [6.07, 6.45) is 0. The first-order valence-electron chi connectivity index (χ1n) is 7.02. The monoisotopic (exact) mass is 276 g/mol. The van der Waals surface area contributed by atoms with Crippen LogP contribution in [0.4, 0.5) is 0 Å². The summed E-state index contributed by atoms with van der Waals surface area (Å²) in [6, 6.07) is 7.81. The SMILES string of the molecule is CCOC(=N[C@@H](C)C(C)C)NC(=O)c1cccc(C)c1. The Labute approximate surface area is 121 Å². The Morgan fingerprint density at radius 1 is 1.35 bits per heavy atom. The van der Waals surface area contributed by atoms with Crippen molar-refractivity contribution < 1.29 is 9.53 Å². The van der Waals surface area contributed by atoms with E-state index in [1.54, 1.807) is 6.07 Å². The van der Waals surface area contributed by atoms with Crippen LogP contribution < -0.4 is 5.32 Å². The van der Waals surface area contributed by atoms with Gasteiger partial charge in [-0.3, -0.25) is 10.1 Å². The summed E-state index contributed by atoms with van der Waals surface area (Å²) in [6.45, 7) is 10.5. The van der Waals surface area contributed by atoms with Crippen LogP contribution in [0.2, 0.25) is 0 Å². The molecule has 1 N–H and O–H groups in total. The maximum absolute atomic E-state index is 12.2. The van der Waals surface area contributed by atoms with Crippen molar-refractivity contribution in [1.29, 1.82) is 0 Å². The molecule has 4 nitrogen and oxygen atoms in total. The summed E-state index contributed by atoms with van der Waals surface area (Å²) < 4.78 is 5.40. The third kappa shape index (κ3) is 5.03. The van der Waals surface area contributed by atoms with Crippen LogP contribution in [-0.4, -0.2) is 24.6 Å². The molecule has 0 heterocycles. The molecule has 0 aliphatic carbocycles. The number of nitrogens with one attached hydrogen (secondary N) is 1. The Morgan fingerprint density at radius 3 is 2.60 bits per heavy atom. The van der Waals surface area contributed by atoms with Gasteiger partial charge in [0, 0.05) is 5.56 Å². The lowest BCUT2D eigenvalue weighted by Crippen LogP contribution is -2.34. The highest BCUT2D eigenvalue weighted by molar-refractivity contribution is 6.04. The molecule has 1 aromatic rings. The zero-order valence-corrected chi connectivity index (χ0v) is 12.9. The van der Waals surface area contributed by atoms with Gasteiger partial charge in [0.2, 0.25) is 0 Å². The molecule has 0 bridgehead atoms. The van der Waals surface area contributed by atoms with E-state index in [2.05, 4.69) is 24.2 Å². The molecular formula is C16H24N2O2. The van der Waals surface area contributed by atoms with Crippen LogP contribution in [0.25, 0.3) is 0 Å². The molecule has 110 valence electrons. The fourth-order valence-corrected chi connectivity index (χ4v) is 1.53. The molecule has 0 saturated heterocycles. The zero-order chi connectivity index (χ0) is 15.1. The maximum atomic E-state index is 12.2. The normalized spacial score (nSPS) is 13.2. The van der Waals surface area contributed by atoms with Crippen LogP contribution in [0.5, 0.6) is 0 Å².